The first kappa shape index (κ1) is 29.4. The average Bonchev–Trinajstić information content (AvgIpc) is 2.73. The summed E-state index contributed by atoms with van der Waals surface area (Å²) >= 11 is 0. The highest BCUT2D eigenvalue weighted by molar-refractivity contribution is 7.18. The average molecular weight is 433 g/mol. The Morgan fingerprint density at radius 2 is 1.63 bits per heavy atom. The van der Waals surface area contributed by atoms with Crippen LogP contribution in [0.4, 0.5) is 0 Å². The number of hydrogen-bond donors (Lipinski definition) is 0. The second kappa shape index (κ2) is 18.0. The van der Waals surface area contributed by atoms with Crippen molar-refractivity contribution in [2.45, 2.75) is 125 Å². The lowest BCUT2D eigenvalue weighted by molar-refractivity contribution is 0.467. The van der Waals surface area contributed by atoms with E-state index in [4.69, 9.17) is 0 Å². The Morgan fingerprint density at radius 1 is 1.00 bits per heavy atom. The maximum Gasteiger partial charge on any atom is 0.00101 e. The molecule has 1 aliphatic rings. The lowest BCUT2D eigenvalue weighted by Crippen LogP contribution is -2.18. The van der Waals surface area contributed by atoms with Crippen molar-refractivity contribution in [3.05, 3.63) is 46.6 Å². The highest BCUT2D eigenvalue weighted by Gasteiger charge is 2.21. The fourth-order valence-corrected chi connectivity index (χ4v) is 4.53. The van der Waals surface area contributed by atoms with Crippen LogP contribution >= 0.6 is 9.24 Å². The van der Waals surface area contributed by atoms with Gasteiger partial charge in [0, 0.05) is 5.66 Å². The quantitative estimate of drug-likeness (QED) is 0.154. The molecule has 1 aliphatic carbocycles. The van der Waals surface area contributed by atoms with Gasteiger partial charge < -0.3 is 0 Å². The van der Waals surface area contributed by atoms with E-state index in [2.05, 4.69) is 75.1 Å². The fraction of sp³-hybridized carbons (Fsp3) is 0.724. The van der Waals surface area contributed by atoms with Gasteiger partial charge in [0.1, 0.15) is 0 Å². The first-order valence-electron chi connectivity index (χ1n) is 12.8. The molecule has 0 nitrogen and oxygen atoms in total. The molecule has 1 heteroatoms. The molecule has 0 saturated carbocycles. The van der Waals surface area contributed by atoms with Crippen LogP contribution in [0.5, 0.6) is 0 Å². The monoisotopic (exact) mass is 432 g/mol. The van der Waals surface area contributed by atoms with Gasteiger partial charge in [-0.05, 0) is 77.6 Å². The Morgan fingerprint density at radius 3 is 2.30 bits per heavy atom. The number of allylic oxidation sites excluding steroid dienone is 8. The summed E-state index contributed by atoms with van der Waals surface area (Å²) in [6.07, 6.45) is 22.5. The van der Waals surface area contributed by atoms with Gasteiger partial charge in [-0.25, -0.2) is 0 Å². The van der Waals surface area contributed by atoms with E-state index in [0.717, 1.165) is 5.92 Å². The molecule has 0 amide bonds. The van der Waals surface area contributed by atoms with Gasteiger partial charge in [-0.1, -0.05) is 100 Å². The van der Waals surface area contributed by atoms with Crippen LogP contribution in [0.2, 0.25) is 0 Å². The number of hydrogen-bond acceptors (Lipinski definition) is 0. The summed E-state index contributed by atoms with van der Waals surface area (Å²) in [4.78, 5) is 0. The van der Waals surface area contributed by atoms with Gasteiger partial charge in [-0.3, -0.25) is 0 Å². The molecule has 174 valence electrons. The first-order chi connectivity index (χ1) is 14.3. The SMILES string of the molecule is CC.CCCC/C=C(\C)CC/C=C(\C)CCCC(C)CCC1=CC=C(C)C(C)C1P. The smallest absolute Gasteiger partial charge is 0.00101 e. The summed E-state index contributed by atoms with van der Waals surface area (Å²) in [5.74, 6) is 1.51. The molecule has 0 aliphatic heterocycles. The third-order valence-corrected chi connectivity index (χ3v) is 7.53. The summed E-state index contributed by atoms with van der Waals surface area (Å²) in [7, 11) is 3.08. The molecule has 0 aromatic heterocycles. The van der Waals surface area contributed by atoms with Crippen LogP contribution in [-0.4, -0.2) is 5.66 Å². The number of unbranched alkanes of at least 4 members (excludes halogenated alkanes) is 2. The van der Waals surface area contributed by atoms with Crippen molar-refractivity contribution >= 4 is 9.24 Å². The van der Waals surface area contributed by atoms with Gasteiger partial charge in [0.15, 0.2) is 0 Å². The Labute approximate surface area is 193 Å². The summed E-state index contributed by atoms with van der Waals surface area (Å²) in [5, 5.41) is 0. The Hall–Kier alpha value is -0.610. The van der Waals surface area contributed by atoms with Gasteiger partial charge >= 0.3 is 0 Å². The number of rotatable bonds is 13. The standard InChI is InChI=1S/C27H47P.C2H6/c1-7-8-9-12-21(2)13-10-14-22(3)15-11-16-23(4)17-19-26-20-18-24(5)25(6)27(26)28;1-2/h12,14,18,20,23,25,27H,7-11,13,15-17,19,28H2,1-6H3;1-2H3/b21-12+,22-14+;. The fourth-order valence-electron chi connectivity index (χ4n) is 3.95. The van der Waals surface area contributed by atoms with E-state index in [1.807, 2.05) is 13.8 Å². The van der Waals surface area contributed by atoms with Crippen molar-refractivity contribution in [3.63, 3.8) is 0 Å². The van der Waals surface area contributed by atoms with Gasteiger partial charge in [0.05, 0.1) is 0 Å². The van der Waals surface area contributed by atoms with Crippen LogP contribution in [0.3, 0.4) is 0 Å². The summed E-state index contributed by atoms with van der Waals surface area (Å²) < 4.78 is 0. The van der Waals surface area contributed by atoms with Crippen molar-refractivity contribution in [1.82, 2.24) is 0 Å². The van der Waals surface area contributed by atoms with E-state index in [9.17, 15) is 0 Å². The predicted molar refractivity (Wildman–Crippen MR) is 144 cm³/mol. The summed E-state index contributed by atoms with van der Waals surface area (Å²) in [6, 6.07) is 0. The highest BCUT2D eigenvalue weighted by atomic mass is 31.0. The van der Waals surface area contributed by atoms with Gasteiger partial charge in [-0.15, -0.1) is 9.24 Å². The zero-order valence-electron chi connectivity index (χ0n) is 21.7. The van der Waals surface area contributed by atoms with Crippen LogP contribution in [0.25, 0.3) is 0 Å². The molecule has 0 fully saturated rings. The molecule has 4 atom stereocenters. The molecule has 1 rings (SSSR count). The van der Waals surface area contributed by atoms with Gasteiger partial charge in [-0.2, -0.15) is 0 Å². The van der Waals surface area contributed by atoms with E-state index >= 15 is 0 Å². The Balaban J connectivity index is 0.00000407. The molecule has 0 aromatic rings. The lowest BCUT2D eigenvalue weighted by Gasteiger charge is -2.27. The molecular weight excluding hydrogens is 379 g/mol. The second-order valence-corrected chi connectivity index (χ2v) is 10.0. The van der Waals surface area contributed by atoms with Crippen molar-refractivity contribution in [2.75, 3.05) is 0 Å². The minimum atomic E-state index is 0.641. The third kappa shape index (κ3) is 12.9. The highest BCUT2D eigenvalue weighted by Crippen LogP contribution is 2.34. The summed E-state index contributed by atoms with van der Waals surface area (Å²) in [6.45, 7) is 17.9. The summed E-state index contributed by atoms with van der Waals surface area (Å²) in [5.41, 5.74) is 6.94. The Kier molecular flexibility index (Phi) is 17.6. The Bertz CT molecular complexity index is 561. The van der Waals surface area contributed by atoms with Crippen molar-refractivity contribution in [1.29, 1.82) is 0 Å². The zero-order valence-corrected chi connectivity index (χ0v) is 22.8. The van der Waals surface area contributed by atoms with Gasteiger partial charge in [0.2, 0.25) is 0 Å². The van der Waals surface area contributed by atoms with E-state index in [1.165, 1.54) is 69.8 Å². The maximum atomic E-state index is 3.08. The molecule has 4 unspecified atom stereocenters. The molecule has 30 heavy (non-hydrogen) atoms. The minimum Gasteiger partial charge on any atom is -0.129 e. The molecule has 0 aromatic carbocycles. The van der Waals surface area contributed by atoms with Crippen LogP contribution in [-0.2, 0) is 0 Å². The zero-order chi connectivity index (χ0) is 22.9. The van der Waals surface area contributed by atoms with Crippen LogP contribution < -0.4 is 0 Å². The van der Waals surface area contributed by atoms with Crippen molar-refractivity contribution < 1.29 is 0 Å². The molecule has 0 radical (unpaired) electrons. The molecule has 0 spiro atoms. The lowest BCUT2D eigenvalue weighted by atomic mass is 9.85. The molecule has 0 saturated heterocycles. The van der Waals surface area contributed by atoms with E-state index in [0.29, 0.717) is 11.6 Å². The normalized spacial score (nSPS) is 20.8. The molecule has 0 N–H and O–H groups in total. The van der Waals surface area contributed by atoms with E-state index in [-0.39, 0.29) is 0 Å². The first-order valence-corrected chi connectivity index (χ1v) is 13.5. The van der Waals surface area contributed by atoms with Crippen molar-refractivity contribution in [3.8, 4) is 0 Å². The largest absolute Gasteiger partial charge is 0.129 e. The van der Waals surface area contributed by atoms with E-state index < -0.39 is 0 Å². The van der Waals surface area contributed by atoms with Crippen molar-refractivity contribution in [2.24, 2.45) is 11.8 Å². The molecule has 0 heterocycles. The van der Waals surface area contributed by atoms with E-state index in [1.54, 1.807) is 16.7 Å². The van der Waals surface area contributed by atoms with Crippen LogP contribution in [0, 0.1) is 11.8 Å². The third-order valence-electron chi connectivity index (χ3n) is 6.52. The molecule has 0 bridgehead atoms. The molecular formula is C29H53P. The van der Waals surface area contributed by atoms with Crippen LogP contribution in [0.1, 0.15) is 120 Å². The topological polar surface area (TPSA) is 0 Å². The minimum absolute atomic E-state index is 0.641. The predicted octanol–water partition coefficient (Wildman–Crippen LogP) is 10.2. The van der Waals surface area contributed by atoms with Crippen LogP contribution in [0.15, 0.2) is 46.6 Å². The van der Waals surface area contributed by atoms with Gasteiger partial charge in [0.25, 0.3) is 0 Å². The second-order valence-electron chi connectivity index (χ2n) is 9.28. The maximum absolute atomic E-state index is 3.08.